The van der Waals surface area contributed by atoms with Crippen LogP contribution in [0, 0.1) is 0 Å². The fraction of sp³-hybridized carbons (Fsp3) is 0. The van der Waals surface area contributed by atoms with E-state index in [4.69, 9.17) is 10.7 Å². The van der Waals surface area contributed by atoms with E-state index in [1.54, 1.807) is 0 Å². The number of fused-ring (bicyclic) bond motifs is 6. The van der Waals surface area contributed by atoms with Crippen LogP contribution >= 0.6 is 0 Å². The quantitative estimate of drug-likeness (QED) is 0.174. The van der Waals surface area contributed by atoms with Crippen molar-refractivity contribution >= 4 is 59.9 Å². The van der Waals surface area contributed by atoms with Crippen molar-refractivity contribution in [3.63, 3.8) is 0 Å². The normalized spacial score (nSPS) is 11.6. The number of anilines is 1. The molecule has 3 heterocycles. The van der Waals surface area contributed by atoms with Gasteiger partial charge in [-0.3, -0.25) is 4.57 Å². The summed E-state index contributed by atoms with van der Waals surface area (Å²) >= 11 is 0. The van der Waals surface area contributed by atoms with E-state index in [0.29, 0.717) is 5.82 Å². The van der Waals surface area contributed by atoms with Gasteiger partial charge in [-0.2, -0.15) is 0 Å². The molecule has 0 fully saturated rings. The van der Waals surface area contributed by atoms with E-state index in [9.17, 15) is 0 Å². The first kappa shape index (κ1) is 39.3. The number of rotatable bonds is 7. The Balaban J connectivity index is 1.02. The number of nitrogens with two attached hydrogens (primary N) is 1. The third-order valence-electron chi connectivity index (χ3n) is 13.7. The monoisotopic (exact) mass is 866 g/mol. The van der Waals surface area contributed by atoms with Gasteiger partial charge >= 0.3 is 0 Å². The van der Waals surface area contributed by atoms with Crippen LogP contribution in [0.15, 0.2) is 243 Å². The lowest BCUT2D eigenvalue weighted by Crippen LogP contribution is -1.97. The van der Waals surface area contributed by atoms with Crippen LogP contribution in [-0.2, 0) is 0 Å². The SMILES string of the molecule is Nc1ccc(-c2cccc3cccc(-c4ccc(-n5c6ccc(-c7cccc8cccc(-c9ccccc9)c78)cc6c6cc(-c7cccc8cccc(-c9ccccc9)c78)ccc65)nc4)c23)cn1. The van der Waals surface area contributed by atoms with Crippen molar-refractivity contribution in [2.24, 2.45) is 0 Å². The number of nitrogens with zero attached hydrogens (tertiary/aromatic N) is 3. The third kappa shape index (κ3) is 6.53. The van der Waals surface area contributed by atoms with Gasteiger partial charge in [0.05, 0.1) is 11.0 Å². The second kappa shape index (κ2) is 16.1. The summed E-state index contributed by atoms with van der Waals surface area (Å²) in [4.78, 5) is 9.71. The minimum atomic E-state index is 0.503. The zero-order valence-electron chi connectivity index (χ0n) is 37.0. The van der Waals surface area contributed by atoms with Crippen LogP contribution in [0.25, 0.3) is 127 Å². The zero-order valence-corrected chi connectivity index (χ0v) is 37.0. The molecular formula is C64H42N4. The Hall–Kier alpha value is -9.12. The zero-order chi connectivity index (χ0) is 45.1. The summed E-state index contributed by atoms with van der Waals surface area (Å²) in [5, 5.41) is 9.56. The predicted octanol–water partition coefficient (Wildman–Crippen LogP) is 16.6. The molecule has 3 aromatic heterocycles. The Morgan fingerprint density at radius 2 is 0.662 bits per heavy atom. The fourth-order valence-electron chi connectivity index (χ4n) is 10.5. The van der Waals surface area contributed by atoms with Gasteiger partial charge in [0.25, 0.3) is 0 Å². The maximum Gasteiger partial charge on any atom is 0.137 e. The van der Waals surface area contributed by atoms with E-state index in [0.717, 1.165) is 49.9 Å². The van der Waals surface area contributed by atoms with Crippen molar-refractivity contribution in [2.45, 2.75) is 0 Å². The Morgan fingerprint density at radius 3 is 1.04 bits per heavy atom. The summed E-state index contributed by atoms with van der Waals surface area (Å²) in [6.45, 7) is 0. The van der Waals surface area contributed by atoms with Gasteiger partial charge in [0.1, 0.15) is 11.6 Å². The molecule has 4 nitrogen and oxygen atoms in total. The third-order valence-corrected chi connectivity index (χ3v) is 13.7. The van der Waals surface area contributed by atoms with E-state index < -0.39 is 0 Å². The molecule has 2 N–H and O–H groups in total. The second-order valence-electron chi connectivity index (χ2n) is 17.5. The summed E-state index contributed by atoms with van der Waals surface area (Å²) in [5.74, 6) is 1.36. The lowest BCUT2D eigenvalue weighted by molar-refractivity contribution is 1.08. The first-order chi connectivity index (χ1) is 33.6. The van der Waals surface area contributed by atoms with Crippen LogP contribution in [-0.4, -0.2) is 14.5 Å². The van der Waals surface area contributed by atoms with Gasteiger partial charge in [0.15, 0.2) is 0 Å². The molecule has 4 heteroatoms. The Morgan fingerprint density at radius 1 is 0.294 bits per heavy atom. The lowest BCUT2D eigenvalue weighted by atomic mass is 9.90. The summed E-state index contributed by atoms with van der Waals surface area (Å²) in [5.41, 5.74) is 22.0. The molecule has 318 valence electrons. The molecule has 0 saturated heterocycles. The predicted molar refractivity (Wildman–Crippen MR) is 286 cm³/mol. The molecule has 0 atom stereocenters. The van der Waals surface area contributed by atoms with E-state index >= 15 is 0 Å². The molecule has 13 rings (SSSR count). The Bertz CT molecular complexity index is 3860. The molecular weight excluding hydrogens is 825 g/mol. The van der Waals surface area contributed by atoms with Crippen LogP contribution in [0.2, 0.25) is 0 Å². The number of aromatic nitrogens is 3. The van der Waals surface area contributed by atoms with Crippen LogP contribution in [0.5, 0.6) is 0 Å². The number of pyridine rings is 2. The van der Waals surface area contributed by atoms with E-state index in [1.165, 1.54) is 76.8 Å². The second-order valence-corrected chi connectivity index (χ2v) is 17.5. The number of hydrogen-bond donors (Lipinski definition) is 1. The molecule has 0 radical (unpaired) electrons. The largest absolute Gasteiger partial charge is 0.384 e. The minimum absolute atomic E-state index is 0.503. The molecule has 0 bridgehead atoms. The van der Waals surface area contributed by atoms with Crippen molar-refractivity contribution in [1.29, 1.82) is 0 Å². The van der Waals surface area contributed by atoms with Crippen molar-refractivity contribution in [1.82, 2.24) is 14.5 Å². The molecule has 0 saturated carbocycles. The first-order valence-corrected chi connectivity index (χ1v) is 23.1. The topological polar surface area (TPSA) is 56.7 Å². The minimum Gasteiger partial charge on any atom is -0.384 e. The summed E-state index contributed by atoms with van der Waals surface area (Å²) in [6, 6.07) is 83.1. The van der Waals surface area contributed by atoms with Gasteiger partial charge < -0.3 is 5.73 Å². The van der Waals surface area contributed by atoms with Gasteiger partial charge in [-0.05, 0) is 136 Å². The molecule has 68 heavy (non-hydrogen) atoms. The number of benzene rings is 10. The Labute approximate surface area is 393 Å². The maximum absolute atomic E-state index is 6.00. The van der Waals surface area contributed by atoms with Crippen molar-refractivity contribution in [3.05, 3.63) is 243 Å². The average molecular weight is 867 g/mol. The molecule has 0 aliphatic carbocycles. The lowest BCUT2D eigenvalue weighted by Gasteiger charge is -2.14. The van der Waals surface area contributed by atoms with Crippen molar-refractivity contribution in [2.75, 3.05) is 5.73 Å². The maximum atomic E-state index is 6.00. The van der Waals surface area contributed by atoms with Crippen LogP contribution in [0.4, 0.5) is 5.82 Å². The van der Waals surface area contributed by atoms with Gasteiger partial charge in [0, 0.05) is 34.3 Å². The highest BCUT2D eigenvalue weighted by molar-refractivity contribution is 6.15. The van der Waals surface area contributed by atoms with Crippen molar-refractivity contribution < 1.29 is 0 Å². The fourth-order valence-corrected chi connectivity index (χ4v) is 10.5. The average Bonchev–Trinajstić information content (AvgIpc) is 3.73. The van der Waals surface area contributed by atoms with Gasteiger partial charge in [-0.25, -0.2) is 9.97 Å². The van der Waals surface area contributed by atoms with Crippen molar-refractivity contribution in [3.8, 4) is 72.6 Å². The molecule has 0 aliphatic rings. The standard InChI is InChI=1S/C64H42N4/c65-60-35-31-48(39-66-60)54-27-11-21-45-22-12-28-55(64(45)54)49-32-36-61(67-40-49)68-58-33-29-46(52-25-9-19-43-17-7-23-50(62(43)52)41-13-3-1-4-14-41)37-56(58)57-38-47(30-34-59(57)68)53-26-10-20-44-18-8-24-51(63(44)53)42-15-5-2-6-16-42/h1-40H,(H2,65,66). The molecule has 0 spiro atoms. The van der Waals surface area contributed by atoms with E-state index in [2.05, 4.69) is 228 Å². The molecule has 0 aliphatic heterocycles. The Kier molecular flexibility index (Phi) is 9.29. The molecule has 10 aromatic carbocycles. The van der Waals surface area contributed by atoms with Crippen LogP contribution in [0.1, 0.15) is 0 Å². The number of hydrogen-bond acceptors (Lipinski definition) is 3. The van der Waals surface area contributed by atoms with E-state index in [-0.39, 0.29) is 0 Å². The smallest absolute Gasteiger partial charge is 0.137 e. The molecule has 0 unspecified atom stereocenters. The van der Waals surface area contributed by atoms with Crippen LogP contribution < -0.4 is 5.73 Å². The van der Waals surface area contributed by atoms with Gasteiger partial charge in [-0.15, -0.1) is 0 Å². The highest BCUT2D eigenvalue weighted by Gasteiger charge is 2.19. The molecule has 0 amide bonds. The first-order valence-electron chi connectivity index (χ1n) is 23.1. The van der Waals surface area contributed by atoms with E-state index in [1.807, 2.05) is 24.5 Å². The van der Waals surface area contributed by atoms with Gasteiger partial charge in [-0.1, -0.05) is 182 Å². The highest BCUT2D eigenvalue weighted by atomic mass is 15.1. The summed E-state index contributed by atoms with van der Waals surface area (Å²) < 4.78 is 2.33. The highest BCUT2D eigenvalue weighted by Crippen LogP contribution is 2.43. The summed E-state index contributed by atoms with van der Waals surface area (Å²) in [6.07, 6.45) is 3.87. The van der Waals surface area contributed by atoms with Gasteiger partial charge in [0.2, 0.25) is 0 Å². The number of nitrogen functional groups attached to an aromatic ring is 1. The molecule has 13 aromatic rings. The van der Waals surface area contributed by atoms with Crippen LogP contribution in [0.3, 0.4) is 0 Å². The summed E-state index contributed by atoms with van der Waals surface area (Å²) in [7, 11) is 0.